The standard InChI is InChI=1S/C20H22O5/c1-15(20(23)25-13-12-24-11-10-21)17-8-5-9-18(14-17)19(22)16-6-3-2-4-7-16/h2-9,14-15,21H,10-13H2,1H3. The van der Waals surface area contributed by atoms with Crippen LogP contribution in [0.15, 0.2) is 54.6 Å². The molecule has 0 spiro atoms. The second-order valence-electron chi connectivity index (χ2n) is 5.55. The van der Waals surface area contributed by atoms with Gasteiger partial charge in [0.25, 0.3) is 0 Å². The Hall–Kier alpha value is -2.50. The smallest absolute Gasteiger partial charge is 0.313 e. The lowest BCUT2D eigenvalue weighted by Crippen LogP contribution is -2.17. The molecule has 2 aromatic carbocycles. The monoisotopic (exact) mass is 342 g/mol. The van der Waals surface area contributed by atoms with Crippen LogP contribution in [-0.2, 0) is 14.3 Å². The van der Waals surface area contributed by atoms with Crippen molar-refractivity contribution >= 4 is 11.8 Å². The Morgan fingerprint density at radius 1 is 0.960 bits per heavy atom. The summed E-state index contributed by atoms with van der Waals surface area (Å²) in [5, 5.41) is 8.60. The van der Waals surface area contributed by atoms with Gasteiger partial charge in [0.2, 0.25) is 0 Å². The van der Waals surface area contributed by atoms with Gasteiger partial charge in [-0.3, -0.25) is 9.59 Å². The molecule has 0 aliphatic rings. The first-order valence-electron chi connectivity index (χ1n) is 8.18. The van der Waals surface area contributed by atoms with E-state index in [1.807, 2.05) is 18.2 Å². The van der Waals surface area contributed by atoms with Crippen LogP contribution >= 0.6 is 0 Å². The number of rotatable bonds is 9. The molecule has 1 N–H and O–H groups in total. The first kappa shape index (κ1) is 18.8. The molecule has 0 aliphatic heterocycles. The van der Waals surface area contributed by atoms with Crippen molar-refractivity contribution in [1.29, 1.82) is 0 Å². The van der Waals surface area contributed by atoms with Crippen LogP contribution in [0.4, 0.5) is 0 Å². The fourth-order valence-electron chi connectivity index (χ4n) is 2.33. The average Bonchev–Trinajstić information content (AvgIpc) is 2.67. The summed E-state index contributed by atoms with van der Waals surface area (Å²) in [6.45, 7) is 2.27. The molecule has 0 aliphatic carbocycles. The van der Waals surface area contributed by atoms with E-state index < -0.39 is 5.92 Å². The molecule has 0 amide bonds. The first-order chi connectivity index (χ1) is 12.1. The van der Waals surface area contributed by atoms with Gasteiger partial charge in [-0.15, -0.1) is 0 Å². The number of carbonyl (C=O) groups excluding carboxylic acids is 2. The lowest BCUT2D eigenvalue weighted by molar-refractivity contribution is -0.146. The van der Waals surface area contributed by atoms with E-state index in [-0.39, 0.29) is 38.2 Å². The molecule has 0 radical (unpaired) electrons. The zero-order valence-corrected chi connectivity index (χ0v) is 14.2. The summed E-state index contributed by atoms with van der Waals surface area (Å²) in [6, 6.07) is 16.0. The number of aliphatic hydroxyl groups excluding tert-OH is 1. The van der Waals surface area contributed by atoms with Crippen molar-refractivity contribution in [2.24, 2.45) is 0 Å². The molecule has 2 rings (SSSR count). The molecule has 5 nitrogen and oxygen atoms in total. The van der Waals surface area contributed by atoms with Gasteiger partial charge < -0.3 is 14.6 Å². The lowest BCUT2D eigenvalue weighted by atomic mass is 9.96. The highest BCUT2D eigenvalue weighted by Crippen LogP contribution is 2.20. The summed E-state index contributed by atoms with van der Waals surface area (Å²) >= 11 is 0. The van der Waals surface area contributed by atoms with E-state index >= 15 is 0 Å². The van der Waals surface area contributed by atoms with Crippen molar-refractivity contribution < 1.29 is 24.2 Å². The fraction of sp³-hybridized carbons (Fsp3) is 0.300. The quantitative estimate of drug-likeness (QED) is 0.431. The predicted molar refractivity (Wildman–Crippen MR) is 93.6 cm³/mol. The molecule has 0 saturated carbocycles. The molecule has 0 heterocycles. The maximum absolute atomic E-state index is 12.5. The Morgan fingerprint density at radius 3 is 2.40 bits per heavy atom. The van der Waals surface area contributed by atoms with E-state index in [0.29, 0.717) is 11.1 Å². The maximum atomic E-state index is 12.5. The molecular formula is C20H22O5. The number of hydrogen-bond donors (Lipinski definition) is 1. The van der Waals surface area contributed by atoms with Crippen LogP contribution < -0.4 is 0 Å². The van der Waals surface area contributed by atoms with Gasteiger partial charge in [0, 0.05) is 11.1 Å². The van der Waals surface area contributed by atoms with Crippen LogP contribution in [0.3, 0.4) is 0 Å². The van der Waals surface area contributed by atoms with Gasteiger partial charge in [0.15, 0.2) is 5.78 Å². The van der Waals surface area contributed by atoms with Gasteiger partial charge in [-0.1, -0.05) is 48.5 Å². The molecule has 0 aromatic heterocycles. The second-order valence-corrected chi connectivity index (χ2v) is 5.55. The summed E-state index contributed by atoms with van der Waals surface area (Å²) in [5.74, 6) is -0.946. The van der Waals surface area contributed by atoms with Gasteiger partial charge in [0.1, 0.15) is 6.61 Å². The molecule has 2 aromatic rings. The molecule has 0 fully saturated rings. The third-order valence-electron chi connectivity index (χ3n) is 3.75. The highest BCUT2D eigenvalue weighted by Gasteiger charge is 2.18. The fourth-order valence-corrected chi connectivity index (χ4v) is 2.33. The molecule has 132 valence electrons. The van der Waals surface area contributed by atoms with Crippen molar-refractivity contribution in [2.75, 3.05) is 26.4 Å². The first-order valence-corrected chi connectivity index (χ1v) is 8.18. The molecule has 1 atom stereocenters. The van der Waals surface area contributed by atoms with Crippen LogP contribution in [0.2, 0.25) is 0 Å². The van der Waals surface area contributed by atoms with Crippen LogP contribution in [0.1, 0.15) is 34.3 Å². The molecular weight excluding hydrogens is 320 g/mol. The molecule has 0 bridgehead atoms. The topological polar surface area (TPSA) is 72.8 Å². The number of esters is 1. The van der Waals surface area contributed by atoms with E-state index in [2.05, 4.69) is 0 Å². The Balaban J connectivity index is 2.00. The maximum Gasteiger partial charge on any atom is 0.313 e. The molecule has 25 heavy (non-hydrogen) atoms. The minimum atomic E-state index is -0.485. The molecule has 0 saturated heterocycles. The normalized spacial score (nSPS) is 11.8. The number of carbonyl (C=O) groups is 2. The van der Waals surface area contributed by atoms with Gasteiger partial charge in [-0.25, -0.2) is 0 Å². The largest absolute Gasteiger partial charge is 0.463 e. The predicted octanol–water partition coefficient (Wildman–Crippen LogP) is 2.57. The number of hydrogen-bond acceptors (Lipinski definition) is 5. The Bertz CT molecular complexity index is 696. The minimum Gasteiger partial charge on any atom is -0.463 e. The van der Waals surface area contributed by atoms with Crippen LogP contribution in [-0.4, -0.2) is 43.3 Å². The van der Waals surface area contributed by atoms with Gasteiger partial charge in [-0.2, -0.15) is 0 Å². The number of aliphatic hydroxyl groups is 1. The van der Waals surface area contributed by atoms with Crippen molar-refractivity contribution in [2.45, 2.75) is 12.8 Å². The highest BCUT2D eigenvalue weighted by atomic mass is 16.6. The number of ether oxygens (including phenoxy) is 2. The van der Waals surface area contributed by atoms with Crippen LogP contribution in [0.5, 0.6) is 0 Å². The van der Waals surface area contributed by atoms with Gasteiger partial charge >= 0.3 is 5.97 Å². The Labute approximate surface area is 147 Å². The summed E-state index contributed by atoms with van der Waals surface area (Å²) in [7, 11) is 0. The van der Waals surface area contributed by atoms with Crippen molar-refractivity contribution in [3.63, 3.8) is 0 Å². The van der Waals surface area contributed by atoms with E-state index in [1.54, 1.807) is 43.3 Å². The van der Waals surface area contributed by atoms with Gasteiger partial charge in [0.05, 0.1) is 25.7 Å². The average molecular weight is 342 g/mol. The van der Waals surface area contributed by atoms with E-state index in [1.165, 1.54) is 0 Å². The van der Waals surface area contributed by atoms with Crippen molar-refractivity contribution in [3.05, 3.63) is 71.3 Å². The zero-order valence-electron chi connectivity index (χ0n) is 14.2. The van der Waals surface area contributed by atoms with E-state index in [0.717, 1.165) is 5.56 Å². The van der Waals surface area contributed by atoms with Gasteiger partial charge in [-0.05, 0) is 18.6 Å². The lowest BCUT2D eigenvalue weighted by Gasteiger charge is -2.13. The van der Waals surface area contributed by atoms with Crippen LogP contribution in [0.25, 0.3) is 0 Å². The zero-order chi connectivity index (χ0) is 18.1. The third-order valence-corrected chi connectivity index (χ3v) is 3.75. The third kappa shape index (κ3) is 5.52. The summed E-state index contributed by atoms with van der Waals surface area (Å²) in [6.07, 6.45) is 0. The van der Waals surface area contributed by atoms with E-state index in [4.69, 9.17) is 14.6 Å². The summed E-state index contributed by atoms with van der Waals surface area (Å²) in [4.78, 5) is 24.6. The SMILES string of the molecule is CC(C(=O)OCCOCCO)c1cccc(C(=O)c2ccccc2)c1. The Morgan fingerprint density at radius 2 is 1.68 bits per heavy atom. The number of benzene rings is 2. The summed E-state index contributed by atoms with van der Waals surface area (Å²) in [5.41, 5.74) is 1.87. The number of ketones is 1. The summed E-state index contributed by atoms with van der Waals surface area (Å²) < 4.78 is 10.2. The van der Waals surface area contributed by atoms with Crippen molar-refractivity contribution in [3.8, 4) is 0 Å². The molecule has 5 heteroatoms. The Kier molecular flexibility index (Phi) is 7.32. The molecule has 1 unspecified atom stereocenters. The van der Waals surface area contributed by atoms with E-state index in [9.17, 15) is 9.59 Å². The van der Waals surface area contributed by atoms with Crippen molar-refractivity contribution in [1.82, 2.24) is 0 Å². The minimum absolute atomic E-state index is 0.0629. The highest BCUT2D eigenvalue weighted by molar-refractivity contribution is 6.09. The van der Waals surface area contributed by atoms with Crippen LogP contribution in [0, 0.1) is 0 Å². The second kappa shape index (κ2) is 9.71.